The van der Waals surface area contributed by atoms with Crippen molar-refractivity contribution in [3.05, 3.63) is 0 Å². The van der Waals surface area contributed by atoms with Gasteiger partial charge in [-0.25, -0.2) is 0 Å². The molecule has 1 atom stereocenters. The lowest BCUT2D eigenvalue weighted by molar-refractivity contribution is -0.139. The van der Waals surface area contributed by atoms with Gasteiger partial charge in [-0.15, -0.1) is 0 Å². The van der Waals surface area contributed by atoms with Gasteiger partial charge in [0.05, 0.1) is 0 Å². The zero-order valence-corrected chi connectivity index (χ0v) is 10.1. The monoisotopic (exact) mass is 219 g/mol. The van der Waals surface area contributed by atoms with Crippen molar-refractivity contribution in [2.45, 2.75) is 32.7 Å². The molecule has 0 spiro atoms. The SMILES string of the molecule is CSCCCC(NCC(C)C)C(=O)O. The molecule has 0 amide bonds. The van der Waals surface area contributed by atoms with Crippen molar-refractivity contribution in [2.75, 3.05) is 18.6 Å². The molecule has 0 saturated heterocycles. The van der Waals surface area contributed by atoms with Crippen LogP contribution in [0.2, 0.25) is 0 Å². The normalized spacial score (nSPS) is 13.1. The van der Waals surface area contributed by atoms with Gasteiger partial charge in [0.2, 0.25) is 0 Å². The van der Waals surface area contributed by atoms with Crippen LogP contribution in [0.5, 0.6) is 0 Å². The minimum atomic E-state index is -0.730. The third kappa shape index (κ3) is 7.21. The Morgan fingerprint density at radius 1 is 1.50 bits per heavy atom. The second kappa shape index (κ2) is 8.12. The van der Waals surface area contributed by atoms with Gasteiger partial charge in [0.25, 0.3) is 0 Å². The van der Waals surface area contributed by atoms with Crippen LogP contribution in [-0.2, 0) is 4.79 Å². The van der Waals surface area contributed by atoms with E-state index < -0.39 is 5.97 Å². The second-order valence-electron chi connectivity index (χ2n) is 3.83. The number of hydrogen-bond donors (Lipinski definition) is 2. The zero-order valence-electron chi connectivity index (χ0n) is 9.25. The summed E-state index contributed by atoms with van der Waals surface area (Å²) in [7, 11) is 0. The molecule has 0 aliphatic rings. The predicted molar refractivity (Wildman–Crippen MR) is 61.9 cm³/mol. The van der Waals surface area contributed by atoms with Crippen molar-refractivity contribution in [1.82, 2.24) is 5.32 Å². The van der Waals surface area contributed by atoms with Crippen molar-refractivity contribution >= 4 is 17.7 Å². The molecule has 0 aliphatic heterocycles. The summed E-state index contributed by atoms with van der Waals surface area (Å²) in [6.45, 7) is 4.93. The number of hydrogen-bond acceptors (Lipinski definition) is 3. The Hall–Kier alpha value is -0.220. The predicted octanol–water partition coefficient (Wildman–Crippen LogP) is 1.83. The number of carboxylic acid groups (broad SMARTS) is 1. The Kier molecular flexibility index (Phi) is 7.99. The van der Waals surface area contributed by atoms with Crippen LogP contribution in [0.4, 0.5) is 0 Å². The first kappa shape index (κ1) is 13.8. The molecule has 3 nitrogen and oxygen atoms in total. The molecular formula is C10H21NO2S. The van der Waals surface area contributed by atoms with E-state index in [2.05, 4.69) is 19.2 Å². The van der Waals surface area contributed by atoms with Gasteiger partial charge in [-0.1, -0.05) is 13.8 Å². The summed E-state index contributed by atoms with van der Waals surface area (Å²) in [5.41, 5.74) is 0. The molecule has 84 valence electrons. The Bertz CT molecular complexity index is 162. The smallest absolute Gasteiger partial charge is 0.320 e. The van der Waals surface area contributed by atoms with E-state index >= 15 is 0 Å². The van der Waals surface area contributed by atoms with Gasteiger partial charge in [-0.05, 0) is 37.3 Å². The molecule has 0 aromatic heterocycles. The molecule has 2 N–H and O–H groups in total. The maximum Gasteiger partial charge on any atom is 0.320 e. The quantitative estimate of drug-likeness (QED) is 0.611. The summed E-state index contributed by atoms with van der Waals surface area (Å²) >= 11 is 1.76. The minimum absolute atomic E-state index is 0.371. The highest BCUT2D eigenvalue weighted by atomic mass is 32.2. The number of aliphatic carboxylic acids is 1. The number of rotatable bonds is 8. The molecule has 0 saturated carbocycles. The first-order valence-corrected chi connectivity index (χ1v) is 6.42. The second-order valence-corrected chi connectivity index (χ2v) is 4.81. The largest absolute Gasteiger partial charge is 0.480 e. The van der Waals surface area contributed by atoms with E-state index in [-0.39, 0.29) is 6.04 Å². The average molecular weight is 219 g/mol. The molecule has 0 rings (SSSR count). The van der Waals surface area contributed by atoms with Gasteiger partial charge in [0.15, 0.2) is 0 Å². The summed E-state index contributed by atoms with van der Waals surface area (Å²) < 4.78 is 0. The molecule has 0 fully saturated rings. The fourth-order valence-corrected chi connectivity index (χ4v) is 1.58. The Morgan fingerprint density at radius 2 is 2.14 bits per heavy atom. The van der Waals surface area contributed by atoms with Gasteiger partial charge in [-0.3, -0.25) is 4.79 Å². The minimum Gasteiger partial charge on any atom is -0.480 e. The van der Waals surface area contributed by atoms with E-state index in [4.69, 9.17) is 5.11 Å². The third-order valence-corrected chi connectivity index (χ3v) is 2.61. The fraction of sp³-hybridized carbons (Fsp3) is 0.900. The van der Waals surface area contributed by atoms with E-state index in [0.29, 0.717) is 5.92 Å². The van der Waals surface area contributed by atoms with Crippen molar-refractivity contribution in [2.24, 2.45) is 5.92 Å². The number of carboxylic acids is 1. The standard InChI is InChI=1S/C10H21NO2S/c1-8(2)7-11-9(10(12)13)5-4-6-14-3/h8-9,11H,4-7H2,1-3H3,(H,12,13). The number of thioether (sulfide) groups is 1. The molecule has 14 heavy (non-hydrogen) atoms. The summed E-state index contributed by atoms with van der Waals surface area (Å²) in [6.07, 6.45) is 3.73. The van der Waals surface area contributed by atoms with Gasteiger partial charge >= 0.3 is 5.97 Å². The lowest BCUT2D eigenvalue weighted by Gasteiger charge is -2.15. The number of nitrogens with one attached hydrogen (secondary N) is 1. The van der Waals surface area contributed by atoms with Crippen molar-refractivity contribution in [3.63, 3.8) is 0 Å². The highest BCUT2D eigenvalue weighted by Crippen LogP contribution is 2.04. The van der Waals surface area contributed by atoms with Gasteiger partial charge in [0.1, 0.15) is 6.04 Å². The van der Waals surface area contributed by atoms with Crippen LogP contribution >= 0.6 is 11.8 Å². The van der Waals surface area contributed by atoms with Crippen LogP contribution in [0.25, 0.3) is 0 Å². The molecule has 0 aliphatic carbocycles. The summed E-state index contributed by atoms with van der Waals surface area (Å²) in [4.78, 5) is 10.8. The zero-order chi connectivity index (χ0) is 11.0. The van der Waals surface area contributed by atoms with E-state index in [1.807, 2.05) is 6.26 Å². The van der Waals surface area contributed by atoms with Crippen LogP contribution in [0, 0.1) is 5.92 Å². The van der Waals surface area contributed by atoms with Crippen LogP contribution in [0.1, 0.15) is 26.7 Å². The van der Waals surface area contributed by atoms with E-state index in [0.717, 1.165) is 25.1 Å². The Morgan fingerprint density at radius 3 is 2.57 bits per heavy atom. The summed E-state index contributed by atoms with van der Waals surface area (Å²) in [6, 6.07) is -0.371. The van der Waals surface area contributed by atoms with Crippen LogP contribution in [-0.4, -0.2) is 35.7 Å². The molecule has 0 heterocycles. The molecule has 0 aromatic carbocycles. The highest BCUT2D eigenvalue weighted by molar-refractivity contribution is 7.98. The maximum absolute atomic E-state index is 10.8. The van der Waals surface area contributed by atoms with Gasteiger partial charge in [0, 0.05) is 0 Å². The van der Waals surface area contributed by atoms with E-state index in [1.54, 1.807) is 11.8 Å². The maximum atomic E-state index is 10.8. The third-order valence-electron chi connectivity index (χ3n) is 1.91. The van der Waals surface area contributed by atoms with Crippen molar-refractivity contribution in [3.8, 4) is 0 Å². The van der Waals surface area contributed by atoms with Gasteiger partial charge in [-0.2, -0.15) is 11.8 Å². The highest BCUT2D eigenvalue weighted by Gasteiger charge is 2.15. The molecule has 1 unspecified atom stereocenters. The van der Waals surface area contributed by atoms with E-state index in [1.165, 1.54) is 0 Å². The molecule has 0 bridgehead atoms. The lowest BCUT2D eigenvalue weighted by Crippen LogP contribution is -2.38. The molecule has 0 radical (unpaired) electrons. The molecular weight excluding hydrogens is 198 g/mol. The van der Waals surface area contributed by atoms with Crippen LogP contribution < -0.4 is 5.32 Å². The first-order valence-electron chi connectivity index (χ1n) is 5.03. The topological polar surface area (TPSA) is 49.3 Å². The lowest BCUT2D eigenvalue weighted by atomic mass is 10.1. The summed E-state index contributed by atoms with van der Waals surface area (Å²) in [5.74, 6) is 0.803. The first-order chi connectivity index (χ1) is 6.57. The summed E-state index contributed by atoms with van der Waals surface area (Å²) in [5, 5.41) is 12.0. The van der Waals surface area contributed by atoms with Crippen LogP contribution in [0.3, 0.4) is 0 Å². The van der Waals surface area contributed by atoms with Crippen molar-refractivity contribution in [1.29, 1.82) is 0 Å². The molecule has 4 heteroatoms. The van der Waals surface area contributed by atoms with Crippen molar-refractivity contribution < 1.29 is 9.90 Å². The van der Waals surface area contributed by atoms with Crippen LogP contribution in [0.15, 0.2) is 0 Å². The molecule has 0 aromatic rings. The Balaban J connectivity index is 3.72. The fourth-order valence-electron chi connectivity index (χ4n) is 1.12. The van der Waals surface area contributed by atoms with E-state index in [9.17, 15) is 4.79 Å². The average Bonchev–Trinajstić information content (AvgIpc) is 2.10. The Labute approximate surface area is 90.7 Å². The number of carbonyl (C=O) groups is 1. The van der Waals surface area contributed by atoms with Gasteiger partial charge < -0.3 is 10.4 Å².